The van der Waals surface area contributed by atoms with Gasteiger partial charge in [0.2, 0.25) is 0 Å². The van der Waals surface area contributed by atoms with Crippen LogP contribution in [0, 0.1) is 17.0 Å². The Morgan fingerprint density at radius 3 is 2.72 bits per heavy atom. The molecule has 6 nitrogen and oxygen atoms in total. The fraction of sp³-hybridized carbons (Fsp3) is 0.167. The molecule has 0 aliphatic carbocycles. The highest BCUT2D eigenvalue weighted by Crippen LogP contribution is 2.23. The molecule has 1 heterocycles. The zero-order valence-electron chi connectivity index (χ0n) is 10.0. The van der Waals surface area contributed by atoms with Crippen molar-refractivity contribution < 1.29 is 4.92 Å². The van der Waals surface area contributed by atoms with Crippen LogP contribution < -0.4 is 5.32 Å². The number of rotatable bonds is 3. The van der Waals surface area contributed by atoms with Crippen molar-refractivity contribution in [2.24, 2.45) is 0 Å². The number of nitrogens with zero attached hydrogens (tertiary/aromatic N) is 3. The molecule has 1 aromatic carbocycles. The number of benzene rings is 1. The maximum absolute atomic E-state index is 10.7. The summed E-state index contributed by atoms with van der Waals surface area (Å²) in [5.74, 6) is 1.30. The lowest BCUT2D eigenvalue weighted by atomic mass is 10.1. The number of hydrogen-bond donors (Lipinski definition) is 1. The normalized spacial score (nSPS) is 10.1. The number of nitro benzene ring substituents is 1. The molecule has 2 rings (SSSR count). The van der Waals surface area contributed by atoms with Crippen molar-refractivity contribution >= 4 is 11.5 Å². The van der Waals surface area contributed by atoms with Gasteiger partial charge in [-0.3, -0.25) is 10.1 Å². The molecule has 0 aliphatic heterocycles. The molecule has 0 aliphatic rings. The average molecular weight is 244 g/mol. The van der Waals surface area contributed by atoms with Gasteiger partial charge in [-0.2, -0.15) is 0 Å². The molecule has 0 spiro atoms. The predicted octanol–water partition coefficient (Wildman–Crippen LogP) is 2.40. The summed E-state index contributed by atoms with van der Waals surface area (Å²) in [6.07, 6.45) is 0. The quantitative estimate of drug-likeness (QED) is 0.662. The van der Waals surface area contributed by atoms with E-state index in [0.717, 1.165) is 0 Å². The van der Waals surface area contributed by atoms with Crippen LogP contribution in [0.25, 0.3) is 11.3 Å². The highest BCUT2D eigenvalue weighted by atomic mass is 16.6. The molecule has 0 saturated carbocycles. The highest BCUT2D eigenvalue weighted by molar-refractivity contribution is 5.65. The van der Waals surface area contributed by atoms with Crippen molar-refractivity contribution in [3.05, 3.63) is 46.3 Å². The van der Waals surface area contributed by atoms with Crippen LogP contribution in [0.5, 0.6) is 0 Å². The monoisotopic (exact) mass is 244 g/mol. The van der Waals surface area contributed by atoms with Crippen LogP contribution in [0.15, 0.2) is 30.3 Å². The fourth-order valence-electron chi connectivity index (χ4n) is 1.62. The molecule has 0 saturated heterocycles. The van der Waals surface area contributed by atoms with Crippen LogP contribution in [0.3, 0.4) is 0 Å². The van der Waals surface area contributed by atoms with E-state index in [2.05, 4.69) is 15.3 Å². The molecule has 0 fully saturated rings. The zero-order chi connectivity index (χ0) is 13.1. The Morgan fingerprint density at radius 1 is 1.28 bits per heavy atom. The van der Waals surface area contributed by atoms with Crippen molar-refractivity contribution in [3.63, 3.8) is 0 Å². The van der Waals surface area contributed by atoms with E-state index in [1.807, 2.05) is 0 Å². The number of anilines is 1. The van der Waals surface area contributed by atoms with Gasteiger partial charge in [0, 0.05) is 30.8 Å². The van der Waals surface area contributed by atoms with Gasteiger partial charge in [0.15, 0.2) is 0 Å². The number of aromatic nitrogens is 2. The predicted molar refractivity (Wildman–Crippen MR) is 68.4 cm³/mol. The van der Waals surface area contributed by atoms with Gasteiger partial charge in [-0.25, -0.2) is 9.97 Å². The van der Waals surface area contributed by atoms with Gasteiger partial charge < -0.3 is 5.32 Å². The number of aryl methyl sites for hydroxylation is 1. The number of non-ortho nitro benzene ring substituents is 1. The second-order valence-electron chi connectivity index (χ2n) is 3.74. The number of nitrogens with one attached hydrogen (secondary N) is 1. The Hall–Kier alpha value is -2.50. The molecule has 0 amide bonds. The summed E-state index contributed by atoms with van der Waals surface area (Å²) in [7, 11) is 1.76. The van der Waals surface area contributed by atoms with Gasteiger partial charge in [0.05, 0.1) is 10.6 Å². The maximum Gasteiger partial charge on any atom is 0.270 e. The molecule has 6 heteroatoms. The van der Waals surface area contributed by atoms with E-state index in [4.69, 9.17) is 0 Å². The molecule has 1 aromatic heterocycles. The first-order chi connectivity index (χ1) is 8.60. The molecule has 2 aromatic rings. The summed E-state index contributed by atoms with van der Waals surface area (Å²) in [4.78, 5) is 18.8. The second-order valence-corrected chi connectivity index (χ2v) is 3.74. The molecular weight excluding hydrogens is 232 g/mol. The lowest BCUT2D eigenvalue weighted by Crippen LogP contribution is -1.98. The molecule has 18 heavy (non-hydrogen) atoms. The van der Waals surface area contributed by atoms with E-state index < -0.39 is 4.92 Å². The topological polar surface area (TPSA) is 81.0 Å². The zero-order valence-corrected chi connectivity index (χ0v) is 10.0. The third kappa shape index (κ3) is 2.42. The van der Waals surface area contributed by atoms with Gasteiger partial charge in [-0.1, -0.05) is 12.1 Å². The van der Waals surface area contributed by atoms with Crippen LogP contribution in [0.2, 0.25) is 0 Å². The van der Waals surface area contributed by atoms with Crippen molar-refractivity contribution in [1.82, 2.24) is 9.97 Å². The van der Waals surface area contributed by atoms with Crippen LogP contribution in [-0.4, -0.2) is 21.9 Å². The Labute approximate surface area is 104 Å². The summed E-state index contributed by atoms with van der Waals surface area (Å²) in [6.45, 7) is 1.78. The third-order valence-electron chi connectivity index (χ3n) is 2.45. The van der Waals surface area contributed by atoms with Crippen LogP contribution in [0.1, 0.15) is 5.82 Å². The van der Waals surface area contributed by atoms with E-state index in [-0.39, 0.29) is 5.69 Å². The first-order valence-electron chi connectivity index (χ1n) is 5.38. The average Bonchev–Trinajstić information content (AvgIpc) is 2.38. The van der Waals surface area contributed by atoms with Gasteiger partial charge in [-0.15, -0.1) is 0 Å². The minimum Gasteiger partial charge on any atom is -0.373 e. The van der Waals surface area contributed by atoms with E-state index in [9.17, 15) is 10.1 Å². The Balaban J connectivity index is 2.51. The largest absolute Gasteiger partial charge is 0.373 e. The van der Waals surface area contributed by atoms with Gasteiger partial charge >= 0.3 is 0 Å². The summed E-state index contributed by atoms with van der Waals surface area (Å²) in [5, 5.41) is 13.7. The lowest BCUT2D eigenvalue weighted by molar-refractivity contribution is -0.384. The molecule has 92 valence electrons. The Kier molecular flexibility index (Phi) is 3.18. The van der Waals surface area contributed by atoms with E-state index in [1.165, 1.54) is 12.1 Å². The summed E-state index contributed by atoms with van der Waals surface area (Å²) < 4.78 is 0. The fourth-order valence-corrected chi connectivity index (χ4v) is 1.62. The minimum absolute atomic E-state index is 0.0507. The van der Waals surface area contributed by atoms with Gasteiger partial charge in [-0.05, 0) is 6.92 Å². The van der Waals surface area contributed by atoms with Crippen molar-refractivity contribution in [3.8, 4) is 11.3 Å². The van der Waals surface area contributed by atoms with Crippen LogP contribution in [-0.2, 0) is 0 Å². The standard InChI is InChI=1S/C12H12N4O2/c1-8-14-11(7-12(13-2)15-8)9-4-3-5-10(6-9)16(17)18/h3-7H,1-2H3,(H,13,14,15). The summed E-state index contributed by atoms with van der Waals surface area (Å²) >= 11 is 0. The van der Waals surface area contributed by atoms with E-state index in [0.29, 0.717) is 22.9 Å². The molecule has 0 atom stereocenters. The van der Waals surface area contributed by atoms with Gasteiger partial charge in [0.25, 0.3) is 5.69 Å². The van der Waals surface area contributed by atoms with Gasteiger partial charge in [0.1, 0.15) is 11.6 Å². The van der Waals surface area contributed by atoms with Crippen LogP contribution in [0.4, 0.5) is 11.5 Å². The minimum atomic E-state index is -0.420. The van der Waals surface area contributed by atoms with Crippen molar-refractivity contribution in [2.45, 2.75) is 6.92 Å². The first kappa shape index (κ1) is 12.0. The van der Waals surface area contributed by atoms with Crippen LogP contribution >= 0.6 is 0 Å². The Bertz CT molecular complexity index is 598. The molecular formula is C12H12N4O2. The number of hydrogen-bond acceptors (Lipinski definition) is 5. The summed E-state index contributed by atoms with van der Waals surface area (Å²) in [6, 6.07) is 8.14. The second kappa shape index (κ2) is 4.79. The lowest BCUT2D eigenvalue weighted by Gasteiger charge is -2.05. The third-order valence-corrected chi connectivity index (χ3v) is 2.45. The number of nitro groups is 1. The SMILES string of the molecule is CNc1cc(-c2cccc([N+](=O)[O-])c2)nc(C)n1. The van der Waals surface area contributed by atoms with Crippen molar-refractivity contribution in [1.29, 1.82) is 0 Å². The molecule has 0 unspecified atom stereocenters. The Morgan fingerprint density at radius 2 is 2.06 bits per heavy atom. The first-order valence-corrected chi connectivity index (χ1v) is 5.38. The maximum atomic E-state index is 10.7. The highest BCUT2D eigenvalue weighted by Gasteiger charge is 2.09. The summed E-state index contributed by atoms with van der Waals surface area (Å²) in [5.41, 5.74) is 1.41. The van der Waals surface area contributed by atoms with E-state index >= 15 is 0 Å². The van der Waals surface area contributed by atoms with Crippen molar-refractivity contribution in [2.75, 3.05) is 12.4 Å². The van der Waals surface area contributed by atoms with E-state index in [1.54, 1.807) is 32.2 Å². The molecule has 0 radical (unpaired) electrons. The smallest absolute Gasteiger partial charge is 0.270 e. The molecule has 0 bridgehead atoms. The molecule has 1 N–H and O–H groups in total.